The van der Waals surface area contributed by atoms with Crippen LogP contribution in [0.4, 0.5) is 5.82 Å². The molecule has 4 N–H and O–H groups in total. The van der Waals surface area contributed by atoms with E-state index < -0.39 is 0 Å². The summed E-state index contributed by atoms with van der Waals surface area (Å²) in [5, 5.41) is 0.889. The quantitative estimate of drug-likeness (QED) is 0.613. The van der Waals surface area contributed by atoms with Gasteiger partial charge in [-0.1, -0.05) is 12.2 Å². The Morgan fingerprint density at radius 1 is 1.70 bits per heavy atom. The zero-order valence-corrected chi connectivity index (χ0v) is 7.05. The lowest BCUT2D eigenvalue weighted by molar-refractivity contribution is 1.30. The zero-order valence-electron chi connectivity index (χ0n) is 5.42. The van der Waals surface area contributed by atoms with E-state index in [1.54, 1.807) is 0 Å². The van der Waals surface area contributed by atoms with Crippen molar-refractivity contribution in [3.8, 4) is 0 Å². The summed E-state index contributed by atoms with van der Waals surface area (Å²) in [6.45, 7) is 1.86. The van der Waals surface area contributed by atoms with Crippen molar-refractivity contribution < 1.29 is 0 Å². The van der Waals surface area contributed by atoms with E-state index in [1.165, 1.54) is 11.3 Å². The molecular weight excluding hydrogens is 166 g/mol. The number of aromatic nitrogens is 1. The van der Waals surface area contributed by atoms with Gasteiger partial charge in [-0.15, -0.1) is 11.3 Å². The van der Waals surface area contributed by atoms with Crippen LogP contribution in [0.15, 0.2) is 0 Å². The number of anilines is 1. The summed E-state index contributed by atoms with van der Waals surface area (Å²) in [6, 6.07) is 0. The molecule has 1 heterocycles. The van der Waals surface area contributed by atoms with Crippen LogP contribution in [0.2, 0.25) is 0 Å². The Bertz CT molecular complexity index is 266. The van der Waals surface area contributed by atoms with Crippen molar-refractivity contribution in [3.05, 3.63) is 9.88 Å². The summed E-state index contributed by atoms with van der Waals surface area (Å²) in [6.07, 6.45) is 0. The minimum Gasteiger partial charge on any atom is -0.389 e. The highest BCUT2D eigenvalue weighted by atomic mass is 32.1. The fraction of sp³-hybridized carbons (Fsp3) is 0.200. The van der Waals surface area contributed by atoms with Crippen LogP contribution in [0.5, 0.6) is 0 Å². The summed E-state index contributed by atoms with van der Waals surface area (Å²) >= 11 is 6.15. The Balaban J connectivity index is 3.15. The van der Waals surface area contributed by atoms with Gasteiger partial charge >= 0.3 is 0 Å². The Hall–Kier alpha value is -0.680. The molecular formula is C5H7N3S2. The van der Waals surface area contributed by atoms with E-state index in [9.17, 15) is 0 Å². The molecule has 1 aromatic heterocycles. The highest BCUT2D eigenvalue weighted by Crippen LogP contribution is 2.18. The van der Waals surface area contributed by atoms with E-state index >= 15 is 0 Å². The van der Waals surface area contributed by atoms with Crippen molar-refractivity contribution in [1.29, 1.82) is 0 Å². The second-order valence-corrected chi connectivity index (χ2v) is 3.45. The first-order valence-corrected chi connectivity index (χ1v) is 3.86. The summed E-state index contributed by atoms with van der Waals surface area (Å²) in [7, 11) is 0. The fourth-order valence-electron chi connectivity index (χ4n) is 0.620. The van der Waals surface area contributed by atoms with Crippen molar-refractivity contribution in [1.82, 2.24) is 4.98 Å². The van der Waals surface area contributed by atoms with E-state index in [1.807, 2.05) is 6.92 Å². The maximum absolute atomic E-state index is 5.47. The zero-order chi connectivity index (χ0) is 7.72. The van der Waals surface area contributed by atoms with E-state index in [-0.39, 0.29) is 0 Å². The van der Waals surface area contributed by atoms with Crippen molar-refractivity contribution >= 4 is 34.4 Å². The molecule has 0 fully saturated rings. The predicted octanol–water partition coefficient (Wildman–Crippen LogP) is 0.668. The first kappa shape index (κ1) is 7.43. The van der Waals surface area contributed by atoms with Gasteiger partial charge in [0.05, 0.1) is 5.01 Å². The number of rotatable bonds is 1. The third-order valence-corrected chi connectivity index (χ3v) is 2.34. The molecule has 0 atom stereocenters. The fourth-order valence-corrected chi connectivity index (χ4v) is 1.54. The van der Waals surface area contributed by atoms with Crippen molar-refractivity contribution in [2.24, 2.45) is 5.73 Å². The maximum Gasteiger partial charge on any atom is 0.145 e. The molecule has 0 spiro atoms. The van der Waals surface area contributed by atoms with Gasteiger partial charge < -0.3 is 11.5 Å². The lowest BCUT2D eigenvalue weighted by Gasteiger charge is -1.89. The molecule has 0 amide bonds. The second kappa shape index (κ2) is 2.51. The first-order chi connectivity index (χ1) is 4.61. The van der Waals surface area contributed by atoms with Crippen molar-refractivity contribution in [3.63, 3.8) is 0 Å². The molecule has 0 aliphatic carbocycles. The van der Waals surface area contributed by atoms with Gasteiger partial charge in [-0.3, -0.25) is 0 Å². The number of nitrogens with zero attached hydrogens (tertiary/aromatic N) is 1. The van der Waals surface area contributed by atoms with Gasteiger partial charge in [-0.05, 0) is 6.92 Å². The van der Waals surface area contributed by atoms with Crippen molar-refractivity contribution in [2.45, 2.75) is 6.92 Å². The SMILES string of the molecule is Cc1nc(N)c(C(N)=S)s1. The third-order valence-electron chi connectivity index (χ3n) is 0.984. The molecule has 0 aromatic carbocycles. The van der Waals surface area contributed by atoms with Gasteiger partial charge in [0.15, 0.2) is 0 Å². The average molecular weight is 173 g/mol. The minimum atomic E-state index is 0.322. The number of hydrogen-bond donors (Lipinski definition) is 2. The van der Waals surface area contributed by atoms with Crippen LogP contribution in [-0.4, -0.2) is 9.97 Å². The lowest BCUT2D eigenvalue weighted by Crippen LogP contribution is -2.09. The largest absolute Gasteiger partial charge is 0.389 e. The molecule has 0 bridgehead atoms. The highest BCUT2D eigenvalue weighted by Gasteiger charge is 2.06. The summed E-state index contributed by atoms with van der Waals surface area (Å²) in [4.78, 5) is 5.00. The van der Waals surface area contributed by atoms with Gasteiger partial charge in [0.2, 0.25) is 0 Å². The molecule has 3 nitrogen and oxygen atoms in total. The third kappa shape index (κ3) is 1.25. The molecule has 1 rings (SSSR count). The van der Waals surface area contributed by atoms with Crippen LogP contribution in [0.25, 0.3) is 0 Å². The van der Waals surface area contributed by atoms with Gasteiger partial charge in [0.1, 0.15) is 15.7 Å². The predicted molar refractivity (Wildman–Crippen MR) is 47.2 cm³/mol. The van der Waals surface area contributed by atoms with Crippen LogP contribution in [0.1, 0.15) is 9.88 Å². The standard InChI is InChI=1S/C5H7N3S2/c1-2-8-4(6)3(10-2)5(7)9/h6H2,1H3,(H2,7,9). The number of nitrogens with two attached hydrogens (primary N) is 2. The molecule has 0 saturated heterocycles. The molecule has 0 unspecified atom stereocenters. The number of thiazole rings is 1. The summed E-state index contributed by atoms with van der Waals surface area (Å²) in [5.74, 6) is 0.440. The molecule has 0 aliphatic heterocycles. The topological polar surface area (TPSA) is 64.9 Å². The molecule has 0 aliphatic rings. The van der Waals surface area contributed by atoms with E-state index in [0.717, 1.165) is 5.01 Å². The van der Waals surface area contributed by atoms with Gasteiger partial charge in [-0.2, -0.15) is 0 Å². The highest BCUT2D eigenvalue weighted by molar-refractivity contribution is 7.81. The monoisotopic (exact) mass is 173 g/mol. The smallest absolute Gasteiger partial charge is 0.145 e. The van der Waals surface area contributed by atoms with Crippen molar-refractivity contribution in [2.75, 3.05) is 5.73 Å². The normalized spacial score (nSPS) is 9.70. The van der Waals surface area contributed by atoms with E-state index in [2.05, 4.69) is 4.98 Å². The van der Waals surface area contributed by atoms with E-state index in [4.69, 9.17) is 23.7 Å². The summed E-state index contributed by atoms with van der Waals surface area (Å²) < 4.78 is 0. The van der Waals surface area contributed by atoms with Crippen LogP contribution < -0.4 is 11.5 Å². The Kier molecular flexibility index (Phi) is 1.87. The van der Waals surface area contributed by atoms with E-state index in [0.29, 0.717) is 15.7 Å². The van der Waals surface area contributed by atoms with Crippen LogP contribution in [0.3, 0.4) is 0 Å². The minimum absolute atomic E-state index is 0.322. The van der Waals surface area contributed by atoms with Gasteiger partial charge in [0.25, 0.3) is 0 Å². The average Bonchev–Trinajstić information content (AvgIpc) is 2.10. The molecule has 1 aromatic rings. The van der Waals surface area contributed by atoms with Crippen LogP contribution in [0, 0.1) is 6.92 Å². The Labute approximate surface area is 68.1 Å². The molecule has 0 radical (unpaired) electrons. The number of nitrogen functional groups attached to an aromatic ring is 1. The number of aryl methyl sites for hydroxylation is 1. The summed E-state index contributed by atoms with van der Waals surface area (Å²) in [5.41, 5.74) is 10.8. The van der Waals surface area contributed by atoms with Crippen LogP contribution >= 0.6 is 23.6 Å². The molecule has 10 heavy (non-hydrogen) atoms. The van der Waals surface area contributed by atoms with Gasteiger partial charge in [-0.25, -0.2) is 4.98 Å². The lowest BCUT2D eigenvalue weighted by atomic mass is 10.5. The number of hydrogen-bond acceptors (Lipinski definition) is 4. The Morgan fingerprint density at radius 3 is 2.50 bits per heavy atom. The molecule has 54 valence electrons. The Morgan fingerprint density at radius 2 is 2.30 bits per heavy atom. The second-order valence-electron chi connectivity index (χ2n) is 1.81. The maximum atomic E-state index is 5.47. The molecule has 0 saturated carbocycles. The first-order valence-electron chi connectivity index (χ1n) is 2.64. The molecule has 5 heteroatoms. The van der Waals surface area contributed by atoms with Gasteiger partial charge in [0, 0.05) is 0 Å². The van der Waals surface area contributed by atoms with Crippen LogP contribution in [-0.2, 0) is 0 Å². The number of thiocarbonyl (C=S) groups is 1.